The van der Waals surface area contributed by atoms with E-state index in [4.69, 9.17) is 4.74 Å². The minimum atomic E-state index is -0.528. The zero-order chi connectivity index (χ0) is 14.8. The van der Waals surface area contributed by atoms with E-state index in [2.05, 4.69) is 5.32 Å². The monoisotopic (exact) mass is 279 g/mol. The summed E-state index contributed by atoms with van der Waals surface area (Å²) in [5.41, 5.74) is 1.47. The molecule has 0 saturated heterocycles. The number of alkyl carbamates (subject to hydrolysis) is 1. The Morgan fingerprint density at radius 2 is 2.10 bits per heavy atom. The zero-order valence-electron chi connectivity index (χ0n) is 12.3. The van der Waals surface area contributed by atoms with Gasteiger partial charge in [-0.2, -0.15) is 0 Å². The van der Waals surface area contributed by atoms with Crippen molar-refractivity contribution < 1.29 is 13.9 Å². The molecule has 20 heavy (non-hydrogen) atoms. The highest BCUT2D eigenvalue weighted by molar-refractivity contribution is 5.68. The number of halogens is 1. The molecule has 1 N–H and O–H groups in total. The van der Waals surface area contributed by atoms with Crippen LogP contribution in [-0.4, -0.2) is 11.7 Å². The van der Waals surface area contributed by atoms with Crippen LogP contribution in [-0.2, 0) is 11.2 Å². The maximum Gasteiger partial charge on any atom is 0.408 e. The number of amides is 1. The highest BCUT2D eigenvalue weighted by atomic mass is 19.1. The first-order valence-corrected chi connectivity index (χ1v) is 7.13. The van der Waals surface area contributed by atoms with Crippen molar-refractivity contribution in [3.8, 4) is 0 Å². The average molecular weight is 279 g/mol. The number of carbonyl (C=O) groups is 1. The molecule has 0 radical (unpaired) electrons. The molecule has 0 spiro atoms. The summed E-state index contributed by atoms with van der Waals surface area (Å²) in [6, 6.07) is 4.66. The summed E-state index contributed by atoms with van der Waals surface area (Å²) in [5.74, 6) is -0.262. The molecule has 1 atom stereocenters. The summed E-state index contributed by atoms with van der Waals surface area (Å²) in [5, 5.41) is 2.87. The Bertz CT molecular complexity index is 494. The average Bonchev–Trinajstić information content (AvgIpc) is 2.49. The van der Waals surface area contributed by atoms with E-state index < -0.39 is 11.7 Å². The van der Waals surface area contributed by atoms with Gasteiger partial charge in [-0.3, -0.25) is 0 Å². The van der Waals surface area contributed by atoms with Gasteiger partial charge in [-0.25, -0.2) is 9.18 Å². The number of nitrogens with one attached hydrogen (secondary N) is 1. The van der Waals surface area contributed by atoms with Crippen molar-refractivity contribution in [3.05, 3.63) is 35.1 Å². The molecule has 1 aromatic rings. The first-order chi connectivity index (χ1) is 9.35. The topological polar surface area (TPSA) is 38.3 Å². The van der Waals surface area contributed by atoms with Gasteiger partial charge in [0.05, 0.1) is 6.04 Å². The minimum absolute atomic E-state index is 0.168. The Morgan fingerprint density at radius 3 is 2.80 bits per heavy atom. The van der Waals surface area contributed by atoms with Crippen LogP contribution in [0, 0.1) is 5.82 Å². The van der Waals surface area contributed by atoms with Gasteiger partial charge in [0, 0.05) is 0 Å². The number of aryl methyl sites for hydroxylation is 1. The van der Waals surface area contributed by atoms with Gasteiger partial charge in [0.2, 0.25) is 0 Å². The van der Waals surface area contributed by atoms with Crippen molar-refractivity contribution in [3.63, 3.8) is 0 Å². The van der Waals surface area contributed by atoms with Crippen molar-refractivity contribution in [1.29, 1.82) is 0 Å². The Labute approximate surface area is 119 Å². The van der Waals surface area contributed by atoms with Gasteiger partial charge in [0.25, 0.3) is 0 Å². The van der Waals surface area contributed by atoms with Gasteiger partial charge in [0.15, 0.2) is 0 Å². The fourth-order valence-electron chi connectivity index (χ4n) is 2.54. The van der Waals surface area contributed by atoms with Crippen molar-refractivity contribution in [2.45, 2.75) is 58.1 Å². The number of rotatable bonds is 1. The standard InChI is InChI=1S/C16H22FNO2/c1-16(2,3)20-15(19)18-14-7-5-4-6-11-8-9-12(17)10-13(11)14/h8-10,14H,4-7H2,1-3H3,(H,18,19)/t14-/m1/s1. The van der Waals surface area contributed by atoms with E-state index in [0.29, 0.717) is 0 Å². The van der Waals surface area contributed by atoms with Crippen LogP contribution in [0.25, 0.3) is 0 Å². The SMILES string of the molecule is CC(C)(C)OC(=O)N[C@@H]1CCCCc2ccc(F)cc21. The smallest absolute Gasteiger partial charge is 0.408 e. The molecule has 4 heteroatoms. The molecule has 1 aliphatic rings. The van der Waals surface area contributed by atoms with Gasteiger partial charge in [-0.15, -0.1) is 0 Å². The zero-order valence-corrected chi connectivity index (χ0v) is 12.3. The van der Waals surface area contributed by atoms with E-state index in [9.17, 15) is 9.18 Å². The number of fused-ring (bicyclic) bond motifs is 1. The quantitative estimate of drug-likeness (QED) is 0.785. The molecule has 1 aromatic carbocycles. The molecule has 0 fully saturated rings. The fraction of sp³-hybridized carbons (Fsp3) is 0.562. The second-order valence-electron chi connectivity index (χ2n) is 6.29. The van der Waals surface area contributed by atoms with E-state index in [0.717, 1.165) is 36.8 Å². The lowest BCUT2D eigenvalue weighted by molar-refractivity contribution is 0.0501. The molecule has 3 nitrogen and oxygen atoms in total. The van der Waals surface area contributed by atoms with Gasteiger partial charge < -0.3 is 10.1 Å². The summed E-state index contributed by atoms with van der Waals surface area (Å²) in [4.78, 5) is 11.9. The fourth-order valence-corrected chi connectivity index (χ4v) is 2.54. The van der Waals surface area contributed by atoms with Crippen LogP contribution < -0.4 is 5.32 Å². The van der Waals surface area contributed by atoms with E-state index in [1.807, 2.05) is 26.8 Å². The van der Waals surface area contributed by atoms with E-state index >= 15 is 0 Å². The Hall–Kier alpha value is -1.58. The van der Waals surface area contributed by atoms with Crippen LogP contribution in [0.2, 0.25) is 0 Å². The molecule has 1 amide bonds. The summed E-state index contributed by atoms with van der Waals surface area (Å²) in [6.45, 7) is 5.48. The number of carbonyl (C=O) groups excluding carboxylic acids is 1. The molecular formula is C16H22FNO2. The molecule has 0 unspecified atom stereocenters. The summed E-state index contributed by atoms with van der Waals surface area (Å²) in [7, 11) is 0. The Morgan fingerprint density at radius 1 is 1.35 bits per heavy atom. The van der Waals surface area contributed by atoms with Gasteiger partial charge >= 0.3 is 6.09 Å². The molecule has 0 bridgehead atoms. The maximum absolute atomic E-state index is 13.5. The van der Waals surface area contributed by atoms with Crippen LogP contribution in [0.15, 0.2) is 18.2 Å². The van der Waals surface area contributed by atoms with Gasteiger partial charge in [-0.1, -0.05) is 12.5 Å². The van der Waals surface area contributed by atoms with Gasteiger partial charge in [0.1, 0.15) is 11.4 Å². The molecular weight excluding hydrogens is 257 g/mol. The lowest BCUT2D eigenvalue weighted by atomic mass is 9.99. The third kappa shape index (κ3) is 3.95. The largest absolute Gasteiger partial charge is 0.444 e. The van der Waals surface area contributed by atoms with Gasteiger partial charge in [-0.05, 0) is 63.3 Å². The lowest BCUT2D eigenvalue weighted by Gasteiger charge is -2.24. The molecule has 0 aromatic heterocycles. The number of hydrogen-bond acceptors (Lipinski definition) is 2. The highest BCUT2D eigenvalue weighted by Crippen LogP contribution is 2.29. The van der Waals surface area contributed by atoms with Crippen LogP contribution >= 0.6 is 0 Å². The lowest BCUT2D eigenvalue weighted by Crippen LogP contribution is -2.35. The third-order valence-electron chi connectivity index (χ3n) is 3.36. The summed E-state index contributed by atoms with van der Waals surface area (Å²) >= 11 is 0. The van der Waals surface area contributed by atoms with Crippen LogP contribution in [0.1, 0.15) is 57.2 Å². The van der Waals surface area contributed by atoms with Crippen molar-refractivity contribution >= 4 is 6.09 Å². The number of benzene rings is 1. The van der Waals surface area contributed by atoms with E-state index in [-0.39, 0.29) is 11.9 Å². The predicted molar refractivity (Wildman–Crippen MR) is 76.1 cm³/mol. The Kier molecular flexibility index (Phi) is 4.31. The van der Waals surface area contributed by atoms with E-state index in [1.54, 1.807) is 0 Å². The number of hydrogen-bond donors (Lipinski definition) is 1. The minimum Gasteiger partial charge on any atom is -0.444 e. The first-order valence-electron chi connectivity index (χ1n) is 7.13. The summed E-state index contributed by atoms with van der Waals surface area (Å²) < 4.78 is 18.7. The molecule has 2 rings (SSSR count). The second kappa shape index (κ2) is 5.81. The molecule has 1 aliphatic carbocycles. The Balaban J connectivity index is 2.16. The first kappa shape index (κ1) is 14.8. The van der Waals surface area contributed by atoms with Crippen molar-refractivity contribution in [2.24, 2.45) is 0 Å². The normalized spacial score (nSPS) is 18.9. The molecule has 0 aliphatic heterocycles. The van der Waals surface area contributed by atoms with Crippen LogP contribution in [0.5, 0.6) is 0 Å². The highest BCUT2D eigenvalue weighted by Gasteiger charge is 2.23. The second-order valence-corrected chi connectivity index (χ2v) is 6.29. The van der Waals surface area contributed by atoms with Crippen molar-refractivity contribution in [1.82, 2.24) is 5.32 Å². The summed E-state index contributed by atoms with van der Waals surface area (Å²) in [6.07, 6.45) is 3.37. The molecule has 0 heterocycles. The van der Waals surface area contributed by atoms with Crippen LogP contribution in [0.3, 0.4) is 0 Å². The third-order valence-corrected chi connectivity index (χ3v) is 3.36. The van der Waals surface area contributed by atoms with Crippen molar-refractivity contribution in [2.75, 3.05) is 0 Å². The molecule has 0 saturated carbocycles. The maximum atomic E-state index is 13.5. The van der Waals surface area contributed by atoms with Crippen LogP contribution in [0.4, 0.5) is 9.18 Å². The van der Waals surface area contributed by atoms with E-state index in [1.165, 1.54) is 12.1 Å². The molecule has 110 valence electrons. The number of ether oxygens (including phenoxy) is 1. The predicted octanol–water partition coefficient (Wildman–Crippen LogP) is 4.12.